The second-order valence-corrected chi connectivity index (χ2v) is 13.4. The average Bonchev–Trinajstić information content (AvgIpc) is 3.06. The van der Waals surface area contributed by atoms with Crippen molar-refractivity contribution in [3.8, 4) is 5.75 Å². The van der Waals surface area contributed by atoms with Gasteiger partial charge in [-0.2, -0.15) is 0 Å². The van der Waals surface area contributed by atoms with Crippen LogP contribution in [0.4, 0.5) is 10.5 Å². The van der Waals surface area contributed by atoms with Crippen LogP contribution in [0, 0.1) is 5.92 Å². The summed E-state index contributed by atoms with van der Waals surface area (Å²) in [7, 11) is 1.79. The molecule has 1 saturated carbocycles. The minimum absolute atomic E-state index is 0.106. The first-order valence-electron chi connectivity index (χ1n) is 17.3. The van der Waals surface area contributed by atoms with Gasteiger partial charge in [-0.15, -0.1) is 0 Å². The smallest absolute Gasteiger partial charge is 0.317 e. The summed E-state index contributed by atoms with van der Waals surface area (Å²) in [5.41, 5.74) is 1.70. The minimum atomic E-state index is -0.493. The zero-order chi connectivity index (χ0) is 33.8. The lowest BCUT2D eigenvalue weighted by Gasteiger charge is -2.36. The van der Waals surface area contributed by atoms with Crippen LogP contribution in [0.3, 0.4) is 0 Å². The van der Waals surface area contributed by atoms with Crippen molar-refractivity contribution in [1.29, 1.82) is 0 Å². The summed E-state index contributed by atoms with van der Waals surface area (Å²) in [5.74, 6) is -0.211. The Kier molecular flexibility index (Phi) is 13.9. The van der Waals surface area contributed by atoms with Crippen molar-refractivity contribution in [2.75, 3.05) is 38.7 Å². The van der Waals surface area contributed by atoms with Crippen LogP contribution < -0.4 is 15.4 Å². The lowest BCUT2D eigenvalue weighted by Crippen LogP contribution is -2.50. The lowest BCUT2D eigenvalue weighted by molar-refractivity contribution is -0.115. The Balaban J connectivity index is 1.56. The lowest BCUT2D eigenvalue weighted by atomic mass is 9.96. The largest absolute Gasteiger partial charge is 0.490 e. The van der Waals surface area contributed by atoms with Crippen molar-refractivity contribution in [3.05, 3.63) is 59.7 Å². The number of aliphatic hydroxyl groups is 1. The van der Waals surface area contributed by atoms with Gasteiger partial charge in [0.25, 0.3) is 5.91 Å². The van der Waals surface area contributed by atoms with Gasteiger partial charge in [-0.25, -0.2) is 4.79 Å². The molecule has 1 fully saturated rings. The summed E-state index contributed by atoms with van der Waals surface area (Å²) < 4.78 is 12.7. The monoisotopic (exact) mass is 650 g/mol. The van der Waals surface area contributed by atoms with Gasteiger partial charge in [0.2, 0.25) is 5.91 Å². The number of nitrogens with one attached hydrogen (secondary N) is 2. The van der Waals surface area contributed by atoms with E-state index in [0.717, 1.165) is 50.5 Å². The molecule has 4 amide bonds. The molecule has 0 saturated heterocycles. The molecular formula is C37H54N4O6. The number of hydrogen-bond donors (Lipinski definition) is 3. The maximum absolute atomic E-state index is 14.4. The molecule has 1 aliphatic carbocycles. The fourth-order valence-electron chi connectivity index (χ4n) is 6.33. The Morgan fingerprint density at radius 3 is 2.47 bits per heavy atom. The van der Waals surface area contributed by atoms with E-state index in [1.54, 1.807) is 35.0 Å². The Morgan fingerprint density at radius 2 is 1.74 bits per heavy atom. The highest BCUT2D eigenvalue weighted by atomic mass is 16.5. The average molecular weight is 651 g/mol. The third kappa shape index (κ3) is 11.0. The van der Waals surface area contributed by atoms with E-state index in [9.17, 15) is 19.5 Å². The van der Waals surface area contributed by atoms with E-state index in [1.165, 1.54) is 6.42 Å². The molecule has 0 bridgehead atoms. The number of fused-ring (bicyclic) bond motifs is 1. The van der Waals surface area contributed by atoms with Crippen LogP contribution in [-0.4, -0.2) is 90.4 Å². The summed E-state index contributed by atoms with van der Waals surface area (Å²) in [6, 6.07) is 14.3. The van der Waals surface area contributed by atoms with Gasteiger partial charge in [-0.05, 0) is 69.7 Å². The Labute approximate surface area is 280 Å². The summed E-state index contributed by atoms with van der Waals surface area (Å²) in [6.07, 6.45) is 7.73. The van der Waals surface area contributed by atoms with Gasteiger partial charge in [0.05, 0.1) is 36.8 Å². The standard InChI is InChI=1S/C37H54N4O6/c1-26-23-41(27(2)25-42)36(44)32-22-31(38-35(43)21-29-14-7-5-8-15-29)18-19-33(32)47-28(3)13-11-12-20-46-34(26)24-40(4)37(45)39-30-16-9-6-10-17-30/h5,7-8,14-15,18-19,22,26-28,30,34,42H,6,9-13,16-17,20-21,23-25H2,1-4H3,(H,38,43)(H,39,45)/t26-,27+,28-,34+/m1/s1. The van der Waals surface area contributed by atoms with Crippen LogP contribution >= 0.6 is 0 Å². The first kappa shape index (κ1) is 36.2. The van der Waals surface area contributed by atoms with Crippen LogP contribution in [-0.2, 0) is 16.0 Å². The number of nitrogens with zero attached hydrogens (tertiary/aromatic N) is 2. The van der Waals surface area contributed by atoms with E-state index in [-0.39, 0.29) is 55.0 Å². The van der Waals surface area contributed by atoms with Crippen molar-refractivity contribution in [2.24, 2.45) is 5.92 Å². The van der Waals surface area contributed by atoms with Gasteiger partial charge < -0.3 is 35.0 Å². The van der Waals surface area contributed by atoms with Crippen molar-refractivity contribution in [3.63, 3.8) is 0 Å². The van der Waals surface area contributed by atoms with Crippen LogP contribution in [0.2, 0.25) is 0 Å². The maximum atomic E-state index is 14.4. The number of aliphatic hydroxyl groups excluding tert-OH is 1. The number of anilines is 1. The Morgan fingerprint density at radius 1 is 1.02 bits per heavy atom. The van der Waals surface area contributed by atoms with Gasteiger partial charge in [-0.1, -0.05) is 56.5 Å². The molecule has 3 N–H and O–H groups in total. The SMILES string of the molecule is C[C@@H]1CCCCO[C@@H](CN(C)C(=O)NC2CCCCC2)[C@H](C)CN([C@@H](C)CO)C(=O)c2cc(NC(=O)Cc3ccccc3)ccc2O1. The molecule has 258 valence electrons. The van der Waals surface area contributed by atoms with Gasteiger partial charge in [0.15, 0.2) is 0 Å². The number of amides is 4. The number of carbonyl (C=O) groups excluding carboxylic acids is 3. The first-order chi connectivity index (χ1) is 22.6. The second kappa shape index (κ2) is 18.1. The Hall–Kier alpha value is -3.63. The zero-order valence-electron chi connectivity index (χ0n) is 28.6. The molecule has 1 aliphatic heterocycles. The number of carbonyl (C=O) groups is 3. The van der Waals surface area contributed by atoms with Crippen molar-refractivity contribution in [2.45, 2.75) is 103 Å². The van der Waals surface area contributed by atoms with Crippen LogP contribution in [0.1, 0.15) is 88.1 Å². The summed E-state index contributed by atoms with van der Waals surface area (Å²) in [6.45, 7) is 6.79. The maximum Gasteiger partial charge on any atom is 0.317 e. The third-order valence-electron chi connectivity index (χ3n) is 9.28. The summed E-state index contributed by atoms with van der Waals surface area (Å²) >= 11 is 0. The normalized spacial score (nSPS) is 22.3. The van der Waals surface area contributed by atoms with Gasteiger partial charge in [0.1, 0.15) is 5.75 Å². The quantitative estimate of drug-likeness (QED) is 0.340. The minimum Gasteiger partial charge on any atom is -0.490 e. The number of likely N-dealkylation sites (N-methyl/N-ethyl adjacent to an activating group) is 1. The predicted molar refractivity (Wildman–Crippen MR) is 184 cm³/mol. The molecule has 0 aromatic heterocycles. The number of rotatable bonds is 8. The van der Waals surface area contributed by atoms with Crippen molar-refractivity contribution < 1.29 is 29.0 Å². The predicted octanol–water partition coefficient (Wildman–Crippen LogP) is 5.64. The number of benzene rings is 2. The third-order valence-corrected chi connectivity index (χ3v) is 9.28. The molecule has 0 unspecified atom stereocenters. The van der Waals surface area contributed by atoms with Crippen molar-refractivity contribution >= 4 is 23.5 Å². The highest BCUT2D eigenvalue weighted by Gasteiger charge is 2.31. The zero-order valence-corrected chi connectivity index (χ0v) is 28.6. The molecular weight excluding hydrogens is 596 g/mol. The van der Waals surface area contributed by atoms with E-state index < -0.39 is 6.04 Å². The van der Waals surface area contributed by atoms with E-state index >= 15 is 0 Å². The van der Waals surface area contributed by atoms with Crippen LogP contribution in [0.5, 0.6) is 5.75 Å². The molecule has 1 heterocycles. The van der Waals surface area contributed by atoms with Gasteiger partial charge in [-0.3, -0.25) is 9.59 Å². The highest BCUT2D eigenvalue weighted by Crippen LogP contribution is 2.29. The number of ether oxygens (including phenoxy) is 2. The molecule has 10 nitrogen and oxygen atoms in total. The molecule has 2 aromatic carbocycles. The van der Waals surface area contributed by atoms with E-state index in [1.807, 2.05) is 51.1 Å². The van der Waals surface area contributed by atoms with Gasteiger partial charge in [0, 0.05) is 44.4 Å². The molecule has 0 radical (unpaired) electrons. The second-order valence-electron chi connectivity index (χ2n) is 13.4. The molecule has 10 heteroatoms. The summed E-state index contributed by atoms with van der Waals surface area (Å²) in [5, 5.41) is 16.4. The molecule has 2 aliphatic rings. The van der Waals surface area contributed by atoms with Crippen molar-refractivity contribution in [1.82, 2.24) is 15.1 Å². The fourth-order valence-corrected chi connectivity index (χ4v) is 6.33. The Bertz CT molecular complexity index is 1300. The molecule has 47 heavy (non-hydrogen) atoms. The number of hydrogen-bond acceptors (Lipinski definition) is 6. The van der Waals surface area contributed by atoms with E-state index in [0.29, 0.717) is 36.7 Å². The van der Waals surface area contributed by atoms with Gasteiger partial charge >= 0.3 is 6.03 Å². The topological polar surface area (TPSA) is 120 Å². The number of urea groups is 1. The molecule has 4 atom stereocenters. The molecule has 2 aromatic rings. The fraction of sp³-hybridized carbons (Fsp3) is 0.595. The first-order valence-corrected chi connectivity index (χ1v) is 17.3. The van der Waals surface area contributed by atoms with E-state index in [4.69, 9.17) is 9.47 Å². The van der Waals surface area contributed by atoms with Crippen LogP contribution in [0.25, 0.3) is 0 Å². The molecule has 0 spiro atoms. The van der Waals surface area contributed by atoms with Crippen LogP contribution in [0.15, 0.2) is 48.5 Å². The van der Waals surface area contributed by atoms with E-state index in [2.05, 4.69) is 10.6 Å². The molecule has 4 rings (SSSR count). The highest BCUT2D eigenvalue weighted by molar-refractivity contribution is 6.00. The summed E-state index contributed by atoms with van der Waals surface area (Å²) in [4.78, 5) is 43.7.